The molecule has 2 heterocycles. The van der Waals surface area contributed by atoms with Crippen molar-refractivity contribution in [1.29, 1.82) is 0 Å². The van der Waals surface area contributed by atoms with Crippen molar-refractivity contribution in [3.63, 3.8) is 0 Å². The maximum absolute atomic E-state index is 4.66. The minimum Gasteiger partial charge on any atom is -0.387 e. The van der Waals surface area contributed by atoms with E-state index in [4.69, 9.17) is 0 Å². The van der Waals surface area contributed by atoms with Crippen LogP contribution >= 0.6 is 0 Å². The van der Waals surface area contributed by atoms with Crippen molar-refractivity contribution < 1.29 is 0 Å². The van der Waals surface area contributed by atoms with Gasteiger partial charge in [0.25, 0.3) is 0 Å². The summed E-state index contributed by atoms with van der Waals surface area (Å²) in [5.41, 5.74) is 7.60. The Kier molecular flexibility index (Phi) is 24.6. The van der Waals surface area contributed by atoms with Crippen LogP contribution in [-0.2, 0) is 0 Å². The average Bonchev–Trinajstić information content (AvgIpc) is 3.18. The second kappa shape index (κ2) is 28.8. The van der Waals surface area contributed by atoms with Crippen LogP contribution in [0.25, 0.3) is 0 Å². The fraction of sp³-hybridized carbons (Fsp3) is 0.520. The molecule has 7 nitrogen and oxygen atoms in total. The molecule has 0 saturated heterocycles. The van der Waals surface area contributed by atoms with Gasteiger partial charge in [-0.1, -0.05) is 122 Å². The standard InChI is InChI=1S/C20H29N3.C19H27N3.C11H23N/c1-4-5-6-8-11-16(2)21-19-14-15-20(22-17(19)3)23-18-12-9-7-10-13-18;1-14(2)10-11-16(4)21-18-12-15(3)19(20-13-18)22-17-8-6-5-7-9-17;1-5-6-7-8-9-11(4)12-10(2)3/h7,9-10,12-16,21H,4-6,8,11H2,1-3H3,(H,22,23);5-9,12-14,16,21H,10-11H2,1-4H3,(H,20,22);11-12H,2,5-9H2,1,3-4H3. The van der Waals surface area contributed by atoms with Gasteiger partial charge in [0, 0.05) is 35.2 Å². The van der Waals surface area contributed by atoms with E-state index in [-0.39, 0.29) is 0 Å². The molecule has 0 aliphatic heterocycles. The lowest BCUT2D eigenvalue weighted by Crippen LogP contribution is -2.23. The van der Waals surface area contributed by atoms with Gasteiger partial charge in [0.15, 0.2) is 0 Å². The molecular weight excluding hydrogens is 699 g/mol. The number of nitrogens with one attached hydrogen (secondary N) is 5. The minimum atomic E-state index is 0.469. The summed E-state index contributed by atoms with van der Waals surface area (Å²) in [7, 11) is 0. The summed E-state index contributed by atoms with van der Waals surface area (Å²) >= 11 is 0. The van der Waals surface area contributed by atoms with Crippen molar-refractivity contribution >= 4 is 34.4 Å². The zero-order valence-corrected chi connectivity index (χ0v) is 37.5. The first-order chi connectivity index (χ1) is 27.4. The van der Waals surface area contributed by atoms with Crippen LogP contribution in [0.2, 0.25) is 0 Å². The molecule has 314 valence electrons. The van der Waals surface area contributed by atoms with E-state index in [1.807, 2.05) is 79.9 Å². The van der Waals surface area contributed by atoms with Crippen LogP contribution in [0, 0.1) is 19.8 Å². The van der Waals surface area contributed by atoms with E-state index in [9.17, 15) is 0 Å². The van der Waals surface area contributed by atoms with Crippen molar-refractivity contribution in [3.8, 4) is 0 Å². The quantitative estimate of drug-likeness (QED) is 0.0480. The summed E-state index contributed by atoms with van der Waals surface area (Å²) in [6.45, 7) is 25.7. The molecule has 5 N–H and O–H groups in total. The Bertz CT molecular complexity index is 1620. The number of anilines is 6. The van der Waals surface area contributed by atoms with Crippen molar-refractivity contribution in [3.05, 3.63) is 109 Å². The summed E-state index contributed by atoms with van der Waals surface area (Å²) in [4.78, 5) is 9.21. The lowest BCUT2D eigenvalue weighted by molar-refractivity contribution is 0.521. The van der Waals surface area contributed by atoms with Crippen molar-refractivity contribution in [2.75, 3.05) is 21.3 Å². The minimum absolute atomic E-state index is 0.469. The fourth-order valence-corrected chi connectivity index (χ4v) is 6.42. The largest absolute Gasteiger partial charge is 0.387 e. The molecule has 0 spiro atoms. The van der Waals surface area contributed by atoms with Gasteiger partial charge < -0.3 is 26.6 Å². The fourth-order valence-electron chi connectivity index (χ4n) is 6.42. The molecular formula is C50H79N7. The Hall–Kier alpha value is -4.52. The Morgan fingerprint density at radius 2 is 1.18 bits per heavy atom. The first kappa shape index (κ1) is 48.6. The smallest absolute Gasteiger partial charge is 0.133 e. The number of nitrogens with zero attached hydrogens (tertiary/aromatic N) is 2. The van der Waals surface area contributed by atoms with Crippen molar-refractivity contribution in [2.24, 2.45) is 5.92 Å². The van der Waals surface area contributed by atoms with Gasteiger partial charge in [0.05, 0.1) is 23.3 Å². The SMILES string of the molecule is C=C(C)NC(C)CCCCCC.CCCCCCC(C)Nc1ccc(Nc2ccccc2)nc1C.Cc1cc(NC(C)CCC(C)C)cnc1Nc1ccccc1. The molecule has 0 aliphatic rings. The van der Waals surface area contributed by atoms with E-state index in [0.29, 0.717) is 18.1 Å². The number of allylic oxidation sites excluding steroid dienone is 1. The molecule has 3 atom stereocenters. The topological polar surface area (TPSA) is 85.9 Å². The molecule has 0 bridgehead atoms. The molecule has 4 rings (SSSR count). The van der Waals surface area contributed by atoms with E-state index in [1.54, 1.807) is 0 Å². The van der Waals surface area contributed by atoms with Gasteiger partial charge in [0.1, 0.15) is 11.6 Å². The van der Waals surface area contributed by atoms with Crippen LogP contribution in [0.5, 0.6) is 0 Å². The molecule has 3 unspecified atom stereocenters. The van der Waals surface area contributed by atoms with E-state index >= 15 is 0 Å². The Morgan fingerprint density at radius 1 is 0.614 bits per heavy atom. The molecule has 57 heavy (non-hydrogen) atoms. The van der Waals surface area contributed by atoms with Crippen LogP contribution in [0.1, 0.15) is 144 Å². The lowest BCUT2D eigenvalue weighted by Gasteiger charge is -2.17. The zero-order chi connectivity index (χ0) is 41.8. The highest BCUT2D eigenvalue weighted by atomic mass is 15.0. The third kappa shape index (κ3) is 22.7. The summed E-state index contributed by atoms with van der Waals surface area (Å²) in [5.74, 6) is 2.54. The Balaban J connectivity index is 0.000000311. The van der Waals surface area contributed by atoms with Crippen molar-refractivity contribution in [1.82, 2.24) is 15.3 Å². The monoisotopic (exact) mass is 778 g/mol. The number of aryl methyl sites for hydroxylation is 2. The van der Waals surface area contributed by atoms with Crippen LogP contribution in [0.15, 0.2) is 97.3 Å². The van der Waals surface area contributed by atoms with E-state index < -0.39 is 0 Å². The summed E-state index contributed by atoms with van der Waals surface area (Å²) < 4.78 is 0. The van der Waals surface area contributed by atoms with E-state index in [1.165, 1.54) is 77.0 Å². The molecule has 2 aromatic carbocycles. The average molecular weight is 778 g/mol. The lowest BCUT2D eigenvalue weighted by atomic mass is 10.0. The van der Waals surface area contributed by atoms with Crippen LogP contribution in [-0.4, -0.2) is 28.1 Å². The highest BCUT2D eigenvalue weighted by molar-refractivity contribution is 5.62. The predicted molar refractivity (Wildman–Crippen MR) is 253 cm³/mol. The number of benzene rings is 2. The molecule has 0 radical (unpaired) electrons. The van der Waals surface area contributed by atoms with Crippen LogP contribution < -0.4 is 26.6 Å². The normalized spacial score (nSPS) is 12.2. The molecule has 2 aromatic heterocycles. The maximum atomic E-state index is 4.66. The number of hydrogen-bond donors (Lipinski definition) is 5. The summed E-state index contributed by atoms with van der Waals surface area (Å²) in [6, 6.07) is 28.1. The summed E-state index contributed by atoms with van der Waals surface area (Å²) in [5, 5.41) is 17.1. The van der Waals surface area contributed by atoms with E-state index in [2.05, 4.69) is 118 Å². The van der Waals surface area contributed by atoms with Gasteiger partial charge in [-0.15, -0.1) is 0 Å². The van der Waals surface area contributed by atoms with Gasteiger partial charge in [-0.05, 0) is 121 Å². The number of para-hydroxylation sites is 2. The zero-order valence-electron chi connectivity index (χ0n) is 37.5. The molecule has 0 amide bonds. The van der Waals surface area contributed by atoms with Crippen LogP contribution in [0.4, 0.5) is 34.4 Å². The first-order valence-electron chi connectivity index (χ1n) is 21.9. The van der Waals surface area contributed by atoms with Crippen molar-refractivity contribution in [2.45, 2.75) is 164 Å². The molecule has 0 fully saturated rings. The van der Waals surface area contributed by atoms with Crippen LogP contribution in [0.3, 0.4) is 0 Å². The number of pyridine rings is 2. The molecule has 7 heteroatoms. The van der Waals surface area contributed by atoms with Gasteiger partial charge >= 0.3 is 0 Å². The van der Waals surface area contributed by atoms with Gasteiger partial charge in [-0.2, -0.15) is 0 Å². The number of unbranched alkanes of at least 4 members (excludes halogenated alkanes) is 6. The Morgan fingerprint density at radius 3 is 1.70 bits per heavy atom. The highest BCUT2D eigenvalue weighted by Gasteiger charge is 2.08. The number of aromatic nitrogens is 2. The third-order valence-electron chi connectivity index (χ3n) is 9.71. The second-order valence-corrected chi connectivity index (χ2v) is 16.3. The first-order valence-corrected chi connectivity index (χ1v) is 21.9. The predicted octanol–water partition coefficient (Wildman–Crippen LogP) is 14.7. The molecule has 4 aromatic rings. The second-order valence-electron chi connectivity index (χ2n) is 16.3. The summed E-state index contributed by atoms with van der Waals surface area (Å²) in [6.07, 6.45) is 17.5. The van der Waals surface area contributed by atoms with Gasteiger partial charge in [-0.25, -0.2) is 9.97 Å². The van der Waals surface area contributed by atoms with Gasteiger partial charge in [0.2, 0.25) is 0 Å². The third-order valence-corrected chi connectivity index (χ3v) is 9.71. The highest BCUT2D eigenvalue weighted by Crippen LogP contribution is 2.23. The number of rotatable bonds is 23. The molecule has 0 aliphatic carbocycles. The Labute approximate surface area is 348 Å². The van der Waals surface area contributed by atoms with Gasteiger partial charge in [-0.3, -0.25) is 0 Å². The number of hydrogen-bond acceptors (Lipinski definition) is 7. The van der Waals surface area contributed by atoms with E-state index in [0.717, 1.165) is 57.3 Å². The maximum Gasteiger partial charge on any atom is 0.133 e. The molecule has 0 saturated carbocycles.